The van der Waals surface area contributed by atoms with Gasteiger partial charge >= 0.3 is 0 Å². The lowest BCUT2D eigenvalue weighted by molar-refractivity contribution is -0.118. The lowest BCUT2D eigenvalue weighted by Crippen LogP contribution is -2.26. The third-order valence-corrected chi connectivity index (χ3v) is 2.00. The van der Waals surface area contributed by atoms with E-state index in [0.717, 1.165) is 0 Å². The number of primary amides is 1. The predicted molar refractivity (Wildman–Crippen MR) is 56.6 cm³/mol. The molecule has 0 radical (unpaired) electrons. The summed E-state index contributed by atoms with van der Waals surface area (Å²) in [5.41, 5.74) is 6.14. The summed E-state index contributed by atoms with van der Waals surface area (Å²) in [5, 5.41) is 5.37. The summed E-state index contributed by atoms with van der Waals surface area (Å²) < 4.78 is 1.51. The van der Waals surface area contributed by atoms with Crippen LogP contribution in [0.2, 0.25) is 0 Å². The first-order valence-corrected chi connectivity index (χ1v) is 4.47. The van der Waals surface area contributed by atoms with Gasteiger partial charge < -0.3 is 20.9 Å². The first-order chi connectivity index (χ1) is 7.10. The summed E-state index contributed by atoms with van der Waals surface area (Å²) in [6.07, 6.45) is 1.64. The molecule has 0 saturated heterocycles. The minimum Gasteiger partial charge on any atom is -0.386 e. The smallest absolute Gasteiger partial charge is 0.269 e. The van der Waals surface area contributed by atoms with Crippen LogP contribution in [0.4, 0.5) is 5.69 Å². The SMILES string of the molecule is CNC(=O)c1c(NC)ccn1CC(N)=O. The zero-order valence-corrected chi connectivity index (χ0v) is 8.70. The molecule has 0 aliphatic heterocycles. The highest BCUT2D eigenvalue weighted by molar-refractivity contribution is 5.98. The summed E-state index contributed by atoms with van der Waals surface area (Å²) in [4.78, 5) is 22.3. The van der Waals surface area contributed by atoms with Gasteiger partial charge in [0.25, 0.3) is 5.91 Å². The van der Waals surface area contributed by atoms with E-state index in [4.69, 9.17) is 5.73 Å². The Morgan fingerprint density at radius 1 is 1.47 bits per heavy atom. The van der Waals surface area contributed by atoms with E-state index in [2.05, 4.69) is 10.6 Å². The van der Waals surface area contributed by atoms with Crippen LogP contribution >= 0.6 is 0 Å². The van der Waals surface area contributed by atoms with Gasteiger partial charge in [0.15, 0.2) is 0 Å². The number of hydrogen-bond donors (Lipinski definition) is 3. The Bertz CT molecular complexity index is 383. The molecule has 0 aliphatic rings. The van der Waals surface area contributed by atoms with Crippen molar-refractivity contribution in [3.05, 3.63) is 18.0 Å². The van der Waals surface area contributed by atoms with Crippen LogP contribution in [-0.4, -0.2) is 30.5 Å². The minimum absolute atomic E-state index is 0.00949. The number of amides is 2. The van der Waals surface area contributed by atoms with E-state index in [1.807, 2.05) is 0 Å². The quantitative estimate of drug-likeness (QED) is 0.618. The van der Waals surface area contributed by atoms with Crippen molar-refractivity contribution in [2.24, 2.45) is 5.73 Å². The van der Waals surface area contributed by atoms with Crippen molar-refractivity contribution >= 4 is 17.5 Å². The molecule has 82 valence electrons. The fraction of sp³-hybridized carbons (Fsp3) is 0.333. The van der Waals surface area contributed by atoms with Crippen molar-refractivity contribution in [2.45, 2.75) is 6.54 Å². The fourth-order valence-corrected chi connectivity index (χ4v) is 1.35. The minimum atomic E-state index is -0.488. The van der Waals surface area contributed by atoms with Crippen molar-refractivity contribution in [1.82, 2.24) is 9.88 Å². The number of anilines is 1. The summed E-state index contributed by atoms with van der Waals surface area (Å²) in [6.45, 7) is -0.00949. The zero-order valence-electron chi connectivity index (χ0n) is 8.70. The van der Waals surface area contributed by atoms with Crippen molar-refractivity contribution in [1.29, 1.82) is 0 Å². The maximum absolute atomic E-state index is 11.5. The predicted octanol–water partition coefficient (Wildman–Crippen LogP) is -0.625. The number of nitrogens with zero attached hydrogens (tertiary/aromatic N) is 1. The van der Waals surface area contributed by atoms with Crippen LogP contribution < -0.4 is 16.4 Å². The van der Waals surface area contributed by atoms with Crippen LogP contribution in [0.3, 0.4) is 0 Å². The first-order valence-electron chi connectivity index (χ1n) is 4.47. The second kappa shape index (κ2) is 4.50. The second-order valence-electron chi connectivity index (χ2n) is 3.00. The molecule has 0 saturated carbocycles. The first kappa shape index (κ1) is 11.1. The van der Waals surface area contributed by atoms with Crippen LogP contribution in [0.5, 0.6) is 0 Å². The Labute approximate surface area is 87.4 Å². The molecule has 4 N–H and O–H groups in total. The van der Waals surface area contributed by atoms with Gasteiger partial charge in [0.1, 0.15) is 12.2 Å². The number of hydrogen-bond acceptors (Lipinski definition) is 3. The van der Waals surface area contributed by atoms with Crippen LogP contribution in [0, 0.1) is 0 Å². The van der Waals surface area contributed by atoms with E-state index >= 15 is 0 Å². The van der Waals surface area contributed by atoms with Crippen molar-refractivity contribution in [3.63, 3.8) is 0 Å². The summed E-state index contributed by atoms with van der Waals surface area (Å²) in [6, 6.07) is 1.72. The molecule has 0 atom stereocenters. The van der Waals surface area contributed by atoms with Crippen LogP contribution in [-0.2, 0) is 11.3 Å². The monoisotopic (exact) mass is 210 g/mol. The molecule has 0 unspecified atom stereocenters. The maximum Gasteiger partial charge on any atom is 0.269 e. The summed E-state index contributed by atoms with van der Waals surface area (Å²) >= 11 is 0. The number of carbonyl (C=O) groups excluding carboxylic acids is 2. The molecule has 2 amide bonds. The fourth-order valence-electron chi connectivity index (χ4n) is 1.35. The Morgan fingerprint density at radius 2 is 2.13 bits per heavy atom. The molecular weight excluding hydrogens is 196 g/mol. The van der Waals surface area contributed by atoms with Gasteiger partial charge in [0, 0.05) is 20.3 Å². The normalized spacial score (nSPS) is 9.73. The van der Waals surface area contributed by atoms with E-state index in [9.17, 15) is 9.59 Å². The van der Waals surface area contributed by atoms with Crippen molar-refractivity contribution in [3.8, 4) is 0 Å². The van der Waals surface area contributed by atoms with Crippen LogP contribution in [0.1, 0.15) is 10.5 Å². The Balaban J connectivity index is 3.10. The molecule has 0 aromatic carbocycles. The largest absolute Gasteiger partial charge is 0.386 e. The molecule has 15 heavy (non-hydrogen) atoms. The van der Waals surface area contributed by atoms with E-state index in [1.165, 1.54) is 11.6 Å². The molecule has 1 aromatic rings. The van der Waals surface area contributed by atoms with Crippen LogP contribution in [0.15, 0.2) is 12.3 Å². The molecule has 6 nitrogen and oxygen atoms in total. The highest BCUT2D eigenvalue weighted by atomic mass is 16.2. The van der Waals surface area contributed by atoms with Gasteiger partial charge in [-0.05, 0) is 6.07 Å². The zero-order chi connectivity index (χ0) is 11.4. The number of aromatic nitrogens is 1. The topological polar surface area (TPSA) is 89.2 Å². The van der Waals surface area contributed by atoms with E-state index < -0.39 is 5.91 Å². The van der Waals surface area contributed by atoms with Crippen LogP contribution in [0.25, 0.3) is 0 Å². The number of nitrogens with two attached hydrogens (primary N) is 1. The third kappa shape index (κ3) is 2.28. The highest BCUT2D eigenvalue weighted by Gasteiger charge is 2.15. The highest BCUT2D eigenvalue weighted by Crippen LogP contribution is 2.16. The molecule has 0 bridgehead atoms. The summed E-state index contributed by atoms with van der Waals surface area (Å²) in [7, 11) is 3.24. The number of rotatable bonds is 4. The lowest BCUT2D eigenvalue weighted by atomic mass is 10.3. The summed E-state index contributed by atoms with van der Waals surface area (Å²) in [5.74, 6) is -0.746. The van der Waals surface area contributed by atoms with Gasteiger partial charge in [0.2, 0.25) is 5.91 Å². The van der Waals surface area contributed by atoms with Crippen molar-refractivity contribution in [2.75, 3.05) is 19.4 Å². The maximum atomic E-state index is 11.5. The van der Waals surface area contributed by atoms with E-state index in [0.29, 0.717) is 11.4 Å². The van der Waals surface area contributed by atoms with Crippen molar-refractivity contribution < 1.29 is 9.59 Å². The second-order valence-corrected chi connectivity index (χ2v) is 3.00. The van der Waals surface area contributed by atoms with Gasteiger partial charge in [-0.3, -0.25) is 9.59 Å². The lowest BCUT2D eigenvalue weighted by Gasteiger charge is -2.08. The molecule has 6 heteroatoms. The van der Waals surface area contributed by atoms with E-state index in [-0.39, 0.29) is 12.5 Å². The molecule has 1 heterocycles. The van der Waals surface area contributed by atoms with E-state index in [1.54, 1.807) is 19.3 Å². The number of carbonyl (C=O) groups is 2. The Morgan fingerprint density at radius 3 is 2.60 bits per heavy atom. The Kier molecular flexibility index (Phi) is 3.33. The molecule has 1 aromatic heterocycles. The molecular formula is C9H14N4O2. The van der Waals surface area contributed by atoms with Gasteiger partial charge in [0.05, 0.1) is 5.69 Å². The van der Waals surface area contributed by atoms with Gasteiger partial charge in [-0.2, -0.15) is 0 Å². The average molecular weight is 210 g/mol. The molecule has 1 rings (SSSR count). The molecule has 0 aliphatic carbocycles. The molecule has 0 spiro atoms. The average Bonchev–Trinajstić information content (AvgIpc) is 2.58. The molecule has 0 fully saturated rings. The van der Waals surface area contributed by atoms with Gasteiger partial charge in [-0.15, -0.1) is 0 Å². The van der Waals surface area contributed by atoms with Gasteiger partial charge in [-0.1, -0.05) is 0 Å². The standard InChI is InChI=1S/C9H14N4O2/c1-11-6-3-4-13(5-7(10)14)8(6)9(15)12-2/h3-4,11H,5H2,1-2H3,(H2,10,14)(H,12,15). The van der Waals surface area contributed by atoms with Gasteiger partial charge in [-0.25, -0.2) is 0 Å². The third-order valence-electron chi connectivity index (χ3n) is 2.00. The Hall–Kier alpha value is -1.98. The number of nitrogens with one attached hydrogen (secondary N) is 2.